The van der Waals surface area contributed by atoms with Gasteiger partial charge in [0.25, 0.3) is 0 Å². The van der Waals surface area contributed by atoms with Crippen molar-refractivity contribution in [1.82, 2.24) is 19.9 Å². The van der Waals surface area contributed by atoms with Gasteiger partial charge in [-0.25, -0.2) is 15.0 Å². The van der Waals surface area contributed by atoms with Crippen LogP contribution in [0.15, 0.2) is 54.9 Å². The average Bonchev–Trinajstić information content (AvgIpc) is 3.20. The average molecular weight is 382 g/mol. The van der Waals surface area contributed by atoms with Crippen LogP contribution < -0.4 is 10.1 Å². The molecule has 2 aromatic carbocycles. The Balaban J connectivity index is 1.51. The molecule has 0 bridgehead atoms. The summed E-state index contributed by atoms with van der Waals surface area (Å²) in [5.74, 6) is 2.19. The maximum atomic E-state index is 8.88. The molecular weight excluding hydrogens is 364 g/mol. The van der Waals surface area contributed by atoms with Crippen LogP contribution in [0.4, 0.5) is 5.82 Å². The molecule has 0 atom stereocenters. The number of benzene rings is 2. The van der Waals surface area contributed by atoms with Crippen LogP contribution in [0.2, 0.25) is 0 Å². The van der Waals surface area contributed by atoms with E-state index in [1.807, 2.05) is 48.6 Å². The number of fused-ring (bicyclic) bond motifs is 1. The highest BCUT2D eigenvalue weighted by Crippen LogP contribution is 2.19. The van der Waals surface area contributed by atoms with Crippen molar-refractivity contribution in [3.05, 3.63) is 77.4 Å². The quantitative estimate of drug-likeness (QED) is 0.523. The molecule has 0 amide bonds. The summed E-state index contributed by atoms with van der Waals surface area (Å²) < 4.78 is 5.18. The summed E-state index contributed by atoms with van der Waals surface area (Å²) in [6.07, 6.45) is 5.29. The van der Waals surface area contributed by atoms with Crippen molar-refractivity contribution >= 4 is 29.1 Å². The van der Waals surface area contributed by atoms with E-state index in [2.05, 4.69) is 31.3 Å². The van der Waals surface area contributed by atoms with E-state index >= 15 is 0 Å². The van der Waals surface area contributed by atoms with Gasteiger partial charge < -0.3 is 15.0 Å². The Bertz CT molecular complexity index is 1190. The summed E-state index contributed by atoms with van der Waals surface area (Å²) in [4.78, 5) is 16.3. The number of nitrogens with zero attached hydrogens (tertiary/aromatic N) is 4. The number of nitriles is 1. The molecule has 0 aliphatic rings. The van der Waals surface area contributed by atoms with Gasteiger partial charge in [0.15, 0.2) is 11.5 Å². The van der Waals surface area contributed by atoms with Gasteiger partial charge in [-0.15, -0.1) is 0 Å². The summed E-state index contributed by atoms with van der Waals surface area (Å²) in [5, 5.41) is 12.2. The van der Waals surface area contributed by atoms with E-state index in [0.717, 1.165) is 22.4 Å². The molecule has 0 spiro atoms. The zero-order valence-corrected chi connectivity index (χ0v) is 15.8. The predicted octanol–water partition coefficient (Wildman–Crippen LogP) is 4.02. The van der Waals surface area contributed by atoms with Gasteiger partial charge in [-0.1, -0.05) is 30.3 Å². The van der Waals surface area contributed by atoms with E-state index in [0.29, 0.717) is 29.4 Å². The first kappa shape index (κ1) is 18.2. The lowest BCUT2D eigenvalue weighted by molar-refractivity contribution is 0.414. The lowest BCUT2D eigenvalue weighted by atomic mass is 10.1. The molecule has 0 saturated heterocycles. The Morgan fingerprint density at radius 2 is 1.86 bits per heavy atom. The number of rotatable bonds is 6. The monoisotopic (exact) mass is 382 g/mol. The Labute approximate surface area is 167 Å². The Kier molecular flexibility index (Phi) is 5.16. The minimum Gasteiger partial charge on any atom is -0.497 e. The molecule has 0 aliphatic carbocycles. The van der Waals surface area contributed by atoms with Crippen molar-refractivity contribution in [2.75, 3.05) is 12.4 Å². The number of aromatic amines is 1. The van der Waals surface area contributed by atoms with Crippen LogP contribution in [-0.4, -0.2) is 27.0 Å². The molecule has 2 heterocycles. The zero-order chi connectivity index (χ0) is 20.1. The van der Waals surface area contributed by atoms with E-state index in [1.54, 1.807) is 19.2 Å². The molecule has 7 nitrogen and oxygen atoms in total. The maximum absolute atomic E-state index is 8.88. The Morgan fingerprint density at radius 3 is 2.59 bits per heavy atom. The first-order valence-electron chi connectivity index (χ1n) is 9.01. The number of methoxy groups -OCH3 is 1. The fourth-order valence-corrected chi connectivity index (χ4v) is 2.83. The van der Waals surface area contributed by atoms with Crippen molar-refractivity contribution in [2.45, 2.75) is 6.54 Å². The number of H-pyrrole nitrogens is 1. The maximum Gasteiger partial charge on any atom is 0.183 e. The van der Waals surface area contributed by atoms with E-state index in [9.17, 15) is 0 Å². The largest absolute Gasteiger partial charge is 0.497 e. The van der Waals surface area contributed by atoms with Gasteiger partial charge in [0.2, 0.25) is 0 Å². The van der Waals surface area contributed by atoms with Crippen molar-refractivity contribution in [3.8, 4) is 11.8 Å². The van der Waals surface area contributed by atoms with Gasteiger partial charge in [-0.05, 0) is 41.5 Å². The minimum absolute atomic E-state index is 0.594. The molecule has 2 N–H and O–H groups in total. The summed E-state index contributed by atoms with van der Waals surface area (Å²) in [6, 6.07) is 17.3. The highest BCUT2D eigenvalue weighted by Gasteiger charge is 2.08. The van der Waals surface area contributed by atoms with Gasteiger partial charge in [0.1, 0.15) is 23.4 Å². The number of nitrogens with one attached hydrogen (secondary N) is 2. The normalized spacial score (nSPS) is 10.9. The first-order chi connectivity index (χ1) is 14.2. The molecule has 4 aromatic rings. The highest BCUT2D eigenvalue weighted by molar-refractivity contribution is 5.84. The van der Waals surface area contributed by atoms with Crippen molar-refractivity contribution in [2.24, 2.45) is 0 Å². The summed E-state index contributed by atoms with van der Waals surface area (Å²) in [5.41, 5.74) is 4.07. The van der Waals surface area contributed by atoms with Crippen LogP contribution >= 0.6 is 0 Å². The second kappa shape index (κ2) is 8.23. The van der Waals surface area contributed by atoms with Crippen molar-refractivity contribution in [3.63, 3.8) is 0 Å². The zero-order valence-electron chi connectivity index (χ0n) is 15.8. The number of anilines is 1. The first-order valence-corrected chi connectivity index (χ1v) is 9.01. The molecule has 0 aliphatic heterocycles. The number of imidazole rings is 1. The fraction of sp³-hybridized carbons (Fsp3) is 0.0909. The highest BCUT2D eigenvalue weighted by atomic mass is 16.5. The SMILES string of the molecule is COc1ccc(CNc2ncnc3nc(/C=C/c4ccc(C#N)cc4)[nH]c23)cc1. The van der Waals surface area contributed by atoms with E-state index in [1.165, 1.54) is 6.33 Å². The van der Waals surface area contributed by atoms with E-state index < -0.39 is 0 Å². The molecule has 0 saturated carbocycles. The summed E-state index contributed by atoms with van der Waals surface area (Å²) >= 11 is 0. The predicted molar refractivity (Wildman–Crippen MR) is 112 cm³/mol. The van der Waals surface area contributed by atoms with Gasteiger partial charge in [-0.3, -0.25) is 0 Å². The van der Waals surface area contributed by atoms with Gasteiger partial charge in [-0.2, -0.15) is 5.26 Å². The molecule has 7 heteroatoms. The lowest BCUT2D eigenvalue weighted by Gasteiger charge is -2.06. The van der Waals surface area contributed by atoms with Gasteiger partial charge in [0, 0.05) is 6.54 Å². The van der Waals surface area contributed by atoms with Crippen LogP contribution in [0.5, 0.6) is 5.75 Å². The lowest BCUT2D eigenvalue weighted by Crippen LogP contribution is -2.02. The Morgan fingerprint density at radius 1 is 1.07 bits per heavy atom. The Hall–Kier alpha value is -4.18. The van der Waals surface area contributed by atoms with Gasteiger partial charge in [0.05, 0.1) is 18.7 Å². The molecule has 0 radical (unpaired) electrons. The van der Waals surface area contributed by atoms with Crippen LogP contribution in [0.1, 0.15) is 22.5 Å². The standard InChI is InChI=1S/C22H18N6O/c1-29-18-9-6-17(7-10-18)13-24-21-20-22(26-14-25-21)28-19(27-20)11-8-15-2-4-16(12-23)5-3-15/h2-11,14H,13H2,1H3,(H2,24,25,26,27,28)/b11-8+. The molecular formula is C22H18N6O. The number of hydrogen-bond acceptors (Lipinski definition) is 6. The molecule has 29 heavy (non-hydrogen) atoms. The van der Waals surface area contributed by atoms with Crippen LogP contribution in [0.3, 0.4) is 0 Å². The minimum atomic E-state index is 0.594. The number of ether oxygens (including phenoxy) is 1. The molecule has 2 aromatic heterocycles. The van der Waals surface area contributed by atoms with E-state index in [-0.39, 0.29) is 0 Å². The van der Waals surface area contributed by atoms with Crippen molar-refractivity contribution in [1.29, 1.82) is 5.26 Å². The smallest absolute Gasteiger partial charge is 0.183 e. The molecule has 142 valence electrons. The topological polar surface area (TPSA) is 99.5 Å². The summed E-state index contributed by atoms with van der Waals surface area (Å²) in [6.45, 7) is 0.617. The third kappa shape index (κ3) is 4.22. The van der Waals surface area contributed by atoms with Crippen LogP contribution in [0, 0.1) is 11.3 Å². The third-order valence-electron chi connectivity index (χ3n) is 4.40. The second-order valence-electron chi connectivity index (χ2n) is 6.31. The second-order valence-corrected chi connectivity index (χ2v) is 6.31. The van der Waals surface area contributed by atoms with Crippen molar-refractivity contribution < 1.29 is 4.74 Å². The van der Waals surface area contributed by atoms with Crippen LogP contribution in [-0.2, 0) is 6.54 Å². The van der Waals surface area contributed by atoms with Crippen LogP contribution in [0.25, 0.3) is 23.3 Å². The molecule has 4 rings (SSSR count). The van der Waals surface area contributed by atoms with Gasteiger partial charge >= 0.3 is 0 Å². The summed E-state index contributed by atoms with van der Waals surface area (Å²) in [7, 11) is 1.65. The third-order valence-corrected chi connectivity index (χ3v) is 4.40. The number of hydrogen-bond donors (Lipinski definition) is 2. The van der Waals surface area contributed by atoms with E-state index in [4.69, 9.17) is 10.00 Å². The molecule has 0 unspecified atom stereocenters. The molecule has 0 fully saturated rings. The fourth-order valence-electron chi connectivity index (χ4n) is 2.83. The number of aromatic nitrogens is 4.